The first kappa shape index (κ1) is 9.92. The molecule has 0 bridgehead atoms. The molecule has 0 fully saturated rings. The summed E-state index contributed by atoms with van der Waals surface area (Å²) in [5.41, 5.74) is 6.32. The second-order valence-electron chi connectivity index (χ2n) is 3.08. The van der Waals surface area contributed by atoms with Crippen LogP contribution >= 0.6 is 11.3 Å². The number of aryl methyl sites for hydroxylation is 1. The third-order valence-corrected chi connectivity index (χ3v) is 2.60. The topological polar surface area (TPSA) is 61.0 Å². The summed E-state index contributed by atoms with van der Waals surface area (Å²) in [6, 6.07) is 7.33. The second kappa shape index (κ2) is 4.27. The number of hydrogen-bond donors (Lipinski definition) is 1. The Labute approximate surface area is 91.7 Å². The van der Waals surface area contributed by atoms with Crippen molar-refractivity contribution in [2.45, 2.75) is 13.5 Å². The van der Waals surface area contributed by atoms with E-state index in [2.05, 4.69) is 10.2 Å². The first-order valence-electron chi connectivity index (χ1n) is 4.51. The van der Waals surface area contributed by atoms with Crippen LogP contribution in [0, 0.1) is 6.92 Å². The Morgan fingerprint density at radius 1 is 1.40 bits per heavy atom. The highest BCUT2D eigenvalue weighted by molar-refractivity contribution is 7.11. The summed E-state index contributed by atoms with van der Waals surface area (Å²) in [6.07, 6.45) is 0. The average molecular weight is 221 g/mol. The van der Waals surface area contributed by atoms with E-state index in [0.717, 1.165) is 15.8 Å². The first-order valence-corrected chi connectivity index (χ1v) is 5.33. The molecule has 0 aliphatic rings. The fourth-order valence-electron chi connectivity index (χ4n) is 1.15. The molecule has 0 unspecified atom stereocenters. The first-order chi connectivity index (χ1) is 7.24. The molecular formula is C10H11N3OS. The van der Waals surface area contributed by atoms with Crippen LogP contribution in [0.3, 0.4) is 0 Å². The lowest BCUT2D eigenvalue weighted by atomic mass is 10.3. The van der Waals surface area contributed by atoms with Gasteiger partial charge in [-0.2, -0.15) is 0 Å². The predicted octanol–water partition coefficient (Wildman–Crippen LogP) is 2.01. The van der Waals surface area contributed by atoms with Gasteiger partial charge in [-0.05, 0) is 19.1 Å². The molecule has 0 radical (unpaired) electrons. The Morgan fingerprint density at radius 3 is 2.93 bits per heavy atom. The van der Waals surface area contributed by atoms with Crippen LogP contribution in [0.5, 0.6) is 5.75 Å². The highest BCUT2D eigenvalue weighted by Crippen LogP contribution is 2.17. The zero-order valence-corrected chi connectivity index (χ0v) is 9.12. The minimum atomic E-state index is 0.439. The average Bonchev–Trinajstić information content (AvgIpc) is 2.62. The van der Waals surface area contributed by atoms with Crippen LogP contribution in [0.4, 0.5) is 5.69 Å². The zero-order chi connectivity index (χ0) is 10.7. The fraction of sp³-hybridized carbons (Fsp3) is 0.200. The highest BCUT2D eigenvalue weighted by atomic mass is 32.1. The van der Waals surface area contributed by atoms with Crippen LogP contribution in [-0.4, -0.2) is 10.2 Å². The number of nitrogens with two attached hydrogens (primary N) is 1. The van der Waals surface area contributed by atoms with Crippen LogP contribution < -0.4 is 10.5 Å². The number of hydrogen-bond acceptors (Lipinski definition) is 5. The molecule has 5 heteroatoms. The molecule has 1 aromatic heterocycles. The van der Waals surface area contributed by atoms with E-state index in [0.29, 0.717) is 12.3 Å². The molecule has 2 rings (SSSR count). The van der Waals surface area contributed by atoms with Gasteiger partial charge in [0.2, 0.25) is 0 Å². The van der Waals surface area contributed by atoms with Gasteiger partial charge in [-0.15, -0.1) is 10.2 Å². The van der Waals surface area contributed by atoms with Crippen LogP contribution in [-0.2, 0) is 6.61 Å². The number of benzene rings is 1. The van der Waals surface area contributed by atoms with E-state index in [1.807, 2.05) is 25.1 Å². The van der Waals surface area contributed by atoms with Crippen molar-refractivity contribution in [1.29, 1.82) is 0 Å². The summed E-state index contributed by atoms with van der Waals surface area (Å²) in [7, 11) is 0. The summed E-state index contributed by atoms with van der Waals surface area (Å²) in [5, 5.41) is 9.69. The highest BCUT2D eigenvalue weighted by Gasteiger charge is 2.01. The minimum absolute atomic E-state index is 0.439. The summed E-state index contributed by atoms with van der Waals surface area (Å²) in [4.78, 5) is 0. The summed E-state index contributed by atoms with van der Waals surface area (Å²) in [6.45, 7) is 2.36. The molecule has 0 saturated carbocycles. The van der Waals surface area contributed by atoms with Gasteiger partial charge in [0.15, 0.2) is 5.01 Å². The lowest BCUT2D eigenvalue weighted by Crippen LogP contribution is -1.95. The molecule has 2 aromatic rings. The molecule has 2 N–H and O–H groups in total. The molecular weight excluding hydrogens is 210 g/mol. The minimum Gasteiger partial charge on any atom is -0.486 e. The monoisotopic (exact) mass is 221 g/mol. The Bertz CT molecular complexity index is 455. The second-order valence-corrected chi connectivity index (χ2v) is 4.34. The molecule has 0 aliphatic heterocycles. The number of rotatable bonds is 3. The van der Waals surface area contributed by atoms with Crippen molar-refractivity contribution in [3.05, 3.63) is 34.3 Å². The van der Waals surface area contributed by atoms with Crippen molar-refractivity contribution in [2.24, 2.45) is 0 Å². The van der Waals surface area contributed by atoms with Gasteiger partial charge in [-0.3, -0.25) is 0 Å². The van der Waals surface area contributed by atoms with Crippen molar-refractivity contribution < 1.29 is 4.74 Å². The molecule has 0 saturated heterocycles. The van der Waals surface area contributed by atoms with Gasteiger partial charge < -0.3 is 10.5 Å². The maximum atomic E-state index is 5.63. The molecule has 78 valence electrons. The van der Waals surface area contributed by atoms with Crippen molar-refractivity contribution >= 4 is 17.0 Å². The Balaban J connectivity index is 1.99. The van der Waals surface area contributed by atoms with Crippen LogP contribution in [0.1, 0.15) is 10.0 Å². The van der Waals surface area contributed by atoms with E-state index < -0.39 is 0 Å². The van der Waals surface area contributed by atoms with Gasteiger partial charge in [0.25, 0.3) is 0 Å². The van der Waals surface area contributed by atoms with Gasteiger partial charge in [0.1, 0.15) is 17.4 Å². The van der Waals surface area contributed by atoms with Gasteiger partial charge in [-0.1, -0.05) is 17.4 Å². The Kier molecular flexibility index (Phi) is 2.82. The standard InChI is InChI=1S/C10H11N3OS/c1-7-12-13-10(15-7)6-14-9-4-2-3-8(11)5-9/h2-5H,6,11H2,1H3. The summed E-state index contributed by atoms with van der Waals surface area (Å²) in [5.74, 6) is 0.753. The number of ether oxygens (including phenoxy) is 1. The zero-order valence-electron chi connectivity index (χ0n) is 8.30. The van der Waals surface area contributed by atoms with Crippen molar-refractivity contribution in [3.8, 4) is 5.75 Å². The third-order valence-electron chi connectivity index (χ3n) is 1.79. The third kappa shape index (κ3) is 2.66. The molecule has 0 aliphatic carbocycles. The molecule has 1 aromatic carbocycles. The van der Waals surface area contributed by atoms with Crippen LogP contribution in [0.15, 0.2) is 24.3 Å². The quantitative estimate of drug-likeness (QED) is 0.805. The summed E-state index contributed by atoms with van der Waals surface area (Å²) < 4.78 is 5.51. The van der Waals surface area contributed by atoms with E-state index >= 15 is 0 Å². The van der Waals surface area contributed by atoms with Gasteiger partial charge >= 0.3 is 0 Å². The summed E-state index contributed by atoms with van der Waals surface area (Å²) >= 11 is 1.53. The van der Waals surface area contributed by atoms with Gasteiger partial charge in [-0.25, -0.2) is 0 Å². The number of anilines is 1. The largest absolute Gasteiger partial charge is 0.486 e. The maximum Gasteiger partial charge on any atom is 0.155 e. The molecule has 0 amide bonds. The van der Waals surface area contributed by atoms with E-state index in [9.17, 15) is 0 Å². The smallest absolute Gasteiger partial charge is 0.155 e. The van der Waals surface area contributed by atoms with Crippen molar-refractivity contribution in [2.75, 3.05) is 5.73 Å². The van der Waals surface area contributed by atoms with Gasteiger partial charge in [0.05, 0.1) is 0 Å². The number of nitrogen functional groups attached to an aromatic ring is 1. The van der Waals surface area contributed by atoms with E-state index in [1.165, 1.54) is 11.3 Å². The lowest BCUT2D eigenvalue weighted by molar-refractivity contribution is 0.304. The van der Waals surface area contributed by atoms with Crippen LogP contribution in [0.25, 0.3) is 0 Å². The van der Waals surface area contributed by atoms with E-state index in [1.54, 1.807) is 6.07 Å². The van der Waals surface area contributed by atoms with Gasteiger partial charge in [0, 0.05) is 11.8 Å². The van der Waals surface area contributed by atoms with Crippen LogP contribution in [0.2, 0.25) is 0 Å². The maximum absolute atomic E-state index is 5.63. The predicted molar refractivity (Wildman–Crippen MR) is 59.8 cm³/mol. The van der Waals surface area contributed by atoms with Crippen molar-refractivity contribution in [1.82, 2.24) is 10.2 Å². The Morgan fingerprint density at radius 2 is 2.27 bits per heavy atom. The number of nitrogens with zero attached hydrogens (tertiary/aromatic N) is 2. The number of aromatic nitrogens is 2. The molecule has 15 heavy (non-hydrogen) atoms. The molecule has 1 heterocycles. The molecule has 4 nitrogen and oxygen atoms in total. The van der Waals surface area contributed by atoms with Crippen molar-refractivity contribution in [3.63, 3.8) is 0 Å². The molecule has 0 spiro atoms. The SMILES string of the molecule is Cc1nnc(COc2cccc(N)c2)s1. The van der Waals surface area contributed by atoms with E-state index in [4.69, 9.17) is 10.5 Å². The lowest BCUT2D eigenvalue weighted by Gasteiger charge is -2.03. The normalized spacial score (nSPS) is 10.2. The Hall–Kier alpha value is -1.62. The molecule has 0 atom stereocenters. The fourth-order valence-corrected chi connectivity index (χ4v) is 1.77. The van der Waals surface area contributed by atoms with E-state index in [-0.39, 0.29) is 0 Å².